The van der Waals surface area contributed by atoms with E-state index in [0.717, 1.165) is 5.52 Å². The number of hydrogen-bond acceptors (Lipinski definition) is 2. The Kier molecular flexibility index (Phi) is 1.94. The van der Waals surface area contributed by atoms with Crippen molar-refractivity contribution in [1.82, 2.24) is 4.68 Å². The molecule has 0 bridgehead atoms. The monoisotopic (exact) mass is 176 g/mol. The first-order valence-electron chi connectivity index (χ1n) is 4.18. The van der Waals surface area contributed by atoms with Gasteiger partial charge in [-0.05, 0) is 18.6 Å². The van der Waals surface area contributed by atoms with Gasteiger partial charge >= 0.3 is 0 Å². The molecule has 0 aliphatic heterocycles. The fraction of sp³-hybridized carbons (Fsp3) is 0.200. The molecular formula is C10H12N2O. The van der Waals surface area contributed by atoms with Crippen molar-refractivity contribution in [3.05, 3.63) is 36.0 Å². The van der Waals surface area contributed by atoms with Crippen LogP contribution in [-0.2, 0) is 4.84 Å². The number of nitrogens with one attached hydrogen (secondary N) is 1. The molecule has 0 saturated heterocycles. The summed E-state index contributed by atoms with van der Waals surface area (Å²) >= 11 is 0. The van der Waals surface area contributed by atoms with E-state index in [1.165, 1.54) is 10.9 Å². The first kappa shape index (κ1) is 8.13. The van der Waals surface area contributed by atoms with Gasteiger partial charge in [-0.1, -0.05) is 18.2 Å². The van der Waals surface area contributed by atoms with E-state index in [1.807, 2.05) is 29.1 Å². The van der Waals surface area contributed by atoms with Crippen molar-refractivity contribution >= 4 is 10.9 Å². The molecular weight excluding hydrogens is 164 g/mol. The van der Waals surface area contributed by atoms with Crippen molar-refractivity contribution in [1.29, 1.82) is 0 Å². The van der Waals surface area contributed by atoms with Gasteiger partial charge in [0.05, 0.1) is 12.6 Å². The van der Waals surface area contributed by atoms with Crippen LogP contribution in [0.5, 0.6) is 0 Å². The fourth-order valence-corrected chi connectivity index (χ4v) is 1.52. The topological polar surface area (TPSA) is 26.2 Å². The molecule has 0 aliphatic carbocycles. The minimum Gasteiger partial charge on any atom is -0.264 e. The van der Waals surface area contributed by atoms with Crippen molar-refractivity contribution in [2.75, 3.05) is 12.7 Å². The van der Waals surface area contributed by atoms with Gasteiger partial charge in [0, 0.05) is 11.6 Å². The van der Waals surface area contributed by atoms with Gasteiger partial charge in [0.2, 0.25) is 0 Å². The molecule has 0 unspecified atom stereocenters. The van der Waals surface area contributed by atoms with E-state index in [-0.39, 0.29) is 0 Å². The van der Waals surface area contributed by atoms with Crippen LogP contribution in [0.1, 0.15) is 5.56 Å². The van der Waals surface area contributed by atoms with E-state index in [2.05, 4.69) is 18.6 Å². The highest BCUT2D eigenvalue weighted by molar-refractivity contribution is 5.83. The maximum atomic E-state index is 4.86. The Morgan fingerprint density at radius 2 is 2.08 bits per heavy atom. The van der Waals surface area contributed by atoms with Gasteiger partial charge in [0.25, 0.3) is 0 Å². The number of fused-ring (bicyclic) bond motifs is 1. The number of benzene rings is 1. The summed E-state index contributed by atoms with van der Waals surface area (Å²) in [6.45, 7) is 2.08. The van der Waals surface area contributed by atoms with E-state index in [1.54, 1.807) is 7.11 Å². The van der Waals surface area contributed by atoms with Gasteiger partial charge in [-0.3, -0.25) is 4.84 Å². The van der Waals surface area contributed by atoms with Crippen molar-refractivity contribution < 1.29 is 4.84 Å². The van der Waals surface area contributed by atoms with Crippen molar-refractivity contribution in [2.24, 2.45) is 0 Å². The second-order valence-electron chi connectivity index (χ2n) is 2.99. The highest BCUT2D eigenvalue weighted by Crippen LogP contribution is 2.18. The molecule has 2 aromatic rings. The molecule has 0 fully saturated rings. The van der Waals surface area contributed by atoms with Crippen LogP contribution in [-0.4, -0.2) is 11.8 Å². The number of para-hydroxylation sites is 1. The van der Waals surface area contributed by atoms with Gasteiger partial charge < -0.3 is 0 Å². The zero-order valence-corrected chi connectivity index (χ0v) is 7.74. The van der Waals surface area contributed by atoms with E-state index in [9.17, 15) is 0 Å². The number of rotatable bonds is 2. The maximum Gasteiger partial charge on any atom is 0.0718 e. The van der Waals surface area contributed by atoms with Crippen LogP contribution < -0.4 is 5.59 Å². The first-order chi connectivity index (χ1) is 6.33. The average molecular weight is 176 g/mol. The van der Waals surface area contributed by atoms with E-state index in [4.69, 9.17) is 4.84 Å². The SMILES string of the molecule is CONn1cc(C)c2ccccc21. The standard InChI is InChI=1S/C10H12N2O/c1-8-7-12(11-13-2)10-6-4-3-5-9(8)10/h3-7,11H,1-2H3. The Morgan fingerprint density at radius 1 is 1.31 bits per heavy atom. The summed E-state index contributed by atoms with van der Waals surface area (Å²) in [5, 5.41) is 1.24. The van der Waals surface area contributed by atoms with Gasteiger partial charge in [-0.2, -0.15) is 0 Å². The quantitative estimate of drug-likeness (QED) is 0.709. The van der Waals surface area contributed by atoms with E-state index in [0.29, 0.717) is 0 Å². The van der Waals surface area contributed by atoms with E-state index < -0.39 is 0 Å². The molecule has 0 radical (unpaired) electrons. The molecule has 0 amide bonds. The minimum atomic E-state index is 1.13. The molecule has 0 atom stereocenters. The summed E-state index contributed by atoms with van der Waals surface area (Å²) in [5.41, 5.74) is 5.15. The van der Waals surface area contributed by atoms with Crippen LogP contribution in [0, 0.1) is 6.92 Å². The van der Waals surface area contributed by atoms with Gasteiger partial charge in [-0.15, -0.1) is 0 Å². The smallest absolute Gasteiger partial charge is 0.0718 e. The molecule has 1 aromatic carbocycles. The zero-order chi connectivity index (χ0) is 9.26. The fourth-order valence-electron chi connectivity index (χ4n) is 1.52. The highest BCUT2D eigenvalue weighted by atomic mass is 16.7. The molecule has 1 aromatic heterocycles. The third-order valence-electron chi connectivity index (χ3n) is 2.10. The molecule has 1 heterocycles. The summed E-state index contributed by atoms with van der Waals surface area (Å²) in [5.74, 6) is 0. The van der Waals surface area contributed by atoms with Crippen molar-refractivity contribution in [2.45, 2.75) is 6.92 Å². The molecule has 0 saturated carbocycles. The van der Waals surface area contributed by atoms with Gasteiger partial charge in [-0.25, -0.2) is 10.3 Å². The molecule has 3 nitrogen and oxygen atoms in total. The number of hydrogen-bond donors (Lipinski definition) is 1. The Bertz CT molecular complexity index is 420. The lowest BCUT2D eigenvalue weighted by Crippen LogP contribution is -2.10. The molecule has 0 spiro atoms. The summed E-state index contributed by atoms with van der Waals surface area (Å²) < 4.78 is 1.87. The Hall–Kier alpha value is -1.48. The third kappa shape index (κ3) is 1.27. The normalized spacial score (nSPS) is 10.6. The third-order valence-corrected chi connectivity index (χ3v) is 2.10. The summed E-state index contributed by atoms with van der Waals surface area (Å²) in [7, 11) is 1.60. The lowest BCUT2D eigenvalue weighted by molar-refractivity contribution is 0.223. The minimum absolute atomic E-state index is 1.13. The van der Waals surface area contributed by atoms with Crippen LogP contribution in [0.4, 0.5) is 0 Å². The lowest BCUT2D eigenvalue weighted by Gasteiger charge is -2.04. The Balaban J connectivity index is 2.63. The lowest BCUT2D eigenvalue weighted by atomic mass is 10.2. The van der Waals surface area contributed by atoms with Crippen LogP contribution in [0.25, 0.3) is 10.9 Å². The molecule has 0 aliphatic rings. The molecule has 68 valence electrons. The Labute approximate surface area is 76.8 Å². The predicted octanol–water partition coefficient (Wildman–Crippen LogP) is 2.05. The van der Waals surface area contributed by atoms with Crippen molar-refractivity contribution in [3.63, 3.8) is 0 Å². The summed E-state index contributed by atoms with van der Waals surface area (Å²) in [4.78, 5) is 4.86. The highest BCUT2D eigenvalue weighted by Gasteiger charge is 2.02. The summed E-state index contributed by atoms with van der Waals surface area (Å²) in [6, 6.07) is 8.19. The van der Waals surface area contributed by atoms with E-state index >= 15 is 0 Å². The largest absolute Gasteiger partial charge is 0.264 e. The average Bonchev–Trinajstić information content (AvgIpc) is 2.46. The molecule has 2 rings (SSSR count). The van der Waals surface area contributed by atoms with Crippen molar-refractivity contribution in [3.8, 4) is 0 Å². The summed E-state index contributed by atoms with van der Waals surface area (Å²) in [6.07, 6.45) is 2.01. The van der Waals surface area contributed by atoms with Crippen LogP contribution in [0.3, 0.4) is 0 Å². The predicted molar refractivity (Wildman–Crippen MR) is 53.0 cm³/mol. The van der Waals surface area contributed by atoms with Crippen LogP contribution >= 0.6 is 0 Å². The van der Waals surface area contributed by atoms with Gasteiger partial charge in [0.15, 0.2) is 0 Å². The number of nitrogens with zero attached hydrogens (tertiary/aromatic N) is 1. The second kappa shape index (κ2) is 3.11. The van der Waals surface area contributed by atoms with Gasteiger partial charge in [0.1, 0.15) is 0 Å². The maximum absolute atomic E-state index is 4.86. The molecule has 1 N–H and O–H groups in total. The van der Waals surface area contributed by atoms with Crippen LogP contribution in [0.15, 0.2) is 30.5 Å². The number of aryl methyl sites for hydroxylation is 1. The van der Waals surface area contributed by atoms with Crippen LogP contribution in [0.2, 0.25) is 0 Å². The molecule has 3 heteroatoms. The first-order valence-corrected chi connectivity index (χ1v) is 4.18. The second-order valence-corrected chi connectivity index (χ2v) is 2.99. The number of aromatic nitrogens is 1. The Morgan fingerprint density at radius 3 is 2.85 bits per heavy atom. The molecule has 13 heavy (non-hydrogen) atoms. The zero-order valence-electron chi connectivity index (χ0n) is 7.74.